The molecule has 2 amide bonds. The molecular weight excluding hydrogens is 364 g/mol. The highest BCUT2D eigenvalue weighted by atomic mass is 32.2. The van der Waals surface area contributed by atoms with Crippen molar-refractivity contribution in [2.45, 2.75) is 0 Å². The number of rotatable bonds is 3. The van der Waals surface area contributed by atoms with Crippen LogP contribution in [-0.4, -0.2) is 21.3 Å². The Bertz CT molecular complexity index is 1130. The van der Waals surface area contributed by atoms with Crippen molar-refractivity contribution in [2.24, 2.45) is 0 Å². The lowest BCUT2D eigenvalue weighted by Crippen LogP contribution is -2.17. The molecule has 0 aliphatic carbocycles. The van der Waals surface area contributed by atoms with Crippen LogP contribution >= 0.6 is 11.8 Å². The molecule has 0 radical (unpaired) electrons. The third-order valence-electron chi connectivity index (χ3n) is 3.80. The average molecular weight is 374 g/mol. The number of thioether (sulfide) groups is 1. The van der Waals surface area contributed by atoms with Crippen LogP contribution in [0.1, 0.15) is 11.1 Å². The predicted octanol–water partition coefficient (Wildman–Crippen LogP) is 3.60. The maximum absolute atomic E-state index is 11.6. The third kappa shape index (κ3) is 3.36. The lowest BCUT2D eigenvalue weighted by Gasteiger charge is -1.99. The number of carbonyl (C=O) groups excluding carboxylic acids is 2. The van der Waals surface area contributed by atoms with E-state index in [4.69, 9.17) is 4.42 Å². The van der Waals surface area contributed by atoms with E-state index >= 15 is 0 Å². The van der Waals surface area contributed by atoms with Crippen molar-refractivity contribution in [3.05, 3.63) is 64.6 Å². The fourth-order valence-corrected chi connectivity index (χ4v) is 3.19. The van der Waals surface area contributed by atoms with Crippen molar-refractivity contribution in [1.29, 1.82) is 5.26 Å². The Hall–Kier alpha value is -3.70. The SMILES string of the molecule is N#Cc1ccccc1-c1nnc(-c2ccc(/C=C3\SC(=O)NC3=O)cc2)o1. The van der Waals surface area contributed by atoms with Gasteiger partial charge < -0.3 is 4.42 Å². The molecule has 2 heterocycles. The highest BCUT2D eigenvalue weighted by molar-refractivity contribution is 8.18. The second-order valence-corrected chi connectivity index (χ2v) is 6.56. The molecule has 8 heteroatoms. The molecular formula is C19H10N4O3S. The van der Waals surface area contributed by atoms with Gasteiger partial charge in [-0.3, -0.25) is 14.9 Å². The summed E-state index contributed by atoms with van der Waals surface area (Å²) < 4.78 is 5.70. The number of imide groups is 1. The van der Waals surface area contributed by atoms with Gasteiger partial charge in [-0.25, -0.2) is 0 Å². The Morgan fingerprint density at radius 2 is 1.78 bits per heavy atom. The maximum atomic E-state index is 11.6. The van der Waals surface area contributed by atoms with E-state index in [1.807, 2.05) is 0 Å². The number of benzene rings is 2. The molecule has 0 bridgehead atoms. The van der Waals surface area contributed by atoms with E-state index in [1.54, 1.807) is 54.6 Å². The van der Waals surface area contributed by atoms with Gasteiger partial charge in [0.1, 0.15) is 0 Å². The zero-order valence-corrected chi connectivity index (χ0v) is 14.5. The number of amides is 2. The quantitative estimate of drug-likeness (QED) is 0.698. The number of nitriles is 1. The van der Waals surface area contributed by atoms with Crippen LogP contribution in [0, 0.1) is 11.3 Å². The van der Waals surface area contributed by atoms with Crippen LogP contribution in [0.4, 0.5) is 4.79 Å². The smallest absolute Gasteiger partial charge is 0.290 e. The van der Waals surface area contributed by atoms with Gasteiger partial charge >= 0.3 is 0 Å². The molecule has 27 heavy (non-hydrogen) atoms. The van der Waals surface area contributed by atoms with E-state index in [9.17, 15) is 14.9 Å². The molecule has 0 saturated carbocycles. The van der Waals surface area contributed by atoms with Crippen LogP contribution in [0.25, 0.3) is 29.0 Å². The molecule has 1 saturated heterocycles. The van der Waals surface area contributed by atoms with Gasteiger partial charge in [0.25, 0.3) is 11.1 Å². The molecule has 7 nitrogen and oxygen atoms in total. The fourth-order valence-electron chi connectivity index (χ4n) is 2.51. The summed E-state index contributed by atoms with van der Waals surface area (Å²) in [5, 5.41) is 19.1. The van der Waals surface area contributed by atoms with Gasteiger partial charge in [-0.05, 0) is 47.7 Å². The molecule has 1 aliphatic rings. The third-order valence-corrected chi connectivity index (χ3v) is 4.61. The normalized spacial score (nSPS) is 15.0. The molecule has 1 aliphatic heterocycles. The van der Waals surface area contributed by atoms with Crippen LogP contribution in [0.2, 0.25) is 0 Å². The molecule has 4 rings (SSSR count). The first-order valence-corrected chi connectivity index (χ1v) is 8.64. The van der Waals surface area contributed by atoms with Crippen LogP contribution in [0.5, 0.6) is 0 Å². The molecule has 0 unspecified atom stereocenters. The molecule has 130 valence electrons. The lowest BCUT2D eigenvalue weighted by molar-refractivity contribution is -0.115. The first-order valence-electron chi connectivity index (χ1n) is 7.82. The molecule has 1 aromatic heterocycles. The van der Waals surface area contributed by atoms with Gasteiger partial charge in [-0.1, -0.05) is 24.3 Å². The summed E-state index contributed by atoms with van der Waals surface area (Å²) >= 11 is 0.868. The van der Waals surface area contributed by atoms with Crippen LogP contribution in [0.3, 0.4) is 0 Å². The van der Waals surface area contributed by atoms with Crippen molar-refractivity contribution in [1.82, 2.24) is 15.5 Å². The van der Waals surface area contributed by atoms with E-state index in [0.29, 0.717) is 27.5 Å². The maximum Gasteiger partial charge on any atom is 0.290 e. The first kappa shape index (κ1) is 16.8. The molecule has 0 spiro atoms. The van der Waals surface area contributed by atoms with Crippen molar-refractivity contribution < 1.29 is 14.0 Å². The Balaban J connectivity index is 1.60. The van der Waals surface area contributed by atoms with Gasteiger partial charge in [0.05, 0.1) is 22.1 Å². The monoisotopic (exact) mass is 374 g/mol. The van der Waals surface area contributed by atoms with Crippen LogP contribution < -0.4 is 5.32 Å². The topological polar surface area (TPSA) is 109 Å². The summed E-state index contributed by atoms with van der Waals surface area (Å²) in [6.07, 6.45) is 1.64. The van der Waals surface area contributed by atoms with E-state index < -0.39 is 5.91 Å². The summed E-state index contributed by atoms with van der Waals surface area (Å²) in [5.41, 5.74) is 2.50. The van der Waals surface area contributed by atoms with E-state index in [1.165, 1.54) is 0 Å². The predicted molar refractivity (Wildman–Crippen MR) is 99.0 cm³/mol. The second-order valence-electron chi connectivity index (χ2n) is 5.54. The van der Waals surface area contributed by atoms with Gasteiger partial charge in [0.2, 0.25) is 11.8 Å². The largest absolute Gasteiger partial charge is 0.416 e. The van der Waals surface area contributed by atoms with Crippen molar-refractivity contribution in [2.75, 3.05) is 0 Å². The zero-order valence-electron chi connectivity index (χ0n) is 13.7. The van der Waals surface area contributed by atoms with Crippen molar-refractivity contribution in [3.63, 3.8) is 0 Å². The number of hydrogen-bond donors (Lipinski definition) is 1. The summed E-state index contributed by atoms with van der Waals surface area (Å²) in [6.45, 7) is 0. The average Bonchev–Trinajstić information content (AvgIpc) is 3.29. The minimum absolute atomic E-state index is 0.269. The second kappa shape index (κ2) is 6.90. The number of aromatic nitrogens is 2. The molecule has 3 aromatic rings. The summed E-state index contributed by atoms with van der Waals surface area (Å²) in [4.78, 5) is 23.1. The standard InChI is InChI=1S/C19H10N4O3S/c20-10-13-3-1-2-4-14(13)18-23-22-17(26-18)12-7-5-11(6-8-12)9-15-16(24)21-19(25)27-15/h1-9H,(H,21,24,25)/b15-9-. The Morgan fingerprint density at radius 3 is 2.48 bits per heavy atom. The van der Waals surface area contributed by atoms with Crippen molar-refractivity contribution >= 4 is 29.0 Å². The van der Waals surface area contributed by atoms with E-state index in [0.717, 1.165) is 17.3 Å². The molecule has 1 fully saturated rings. The first-order chi connectivity index (χ1) is 13.1. The molecule has 1 N–H and O–H groups in total. The van der Waals surface area contributed by atoms with E-state index in [2.05, 4.69) is 21.6 Å². The highest BCUT2D eigenvalue weighted by Crippen LogP contribution is 2.28. The molecule has 2 aromatic carbocycles. The lowest BCUT2D eigenvalue weighted by atomic mass is 10.1. The summed E-state index contributed by atoms with van der Waals surface area (Å²) in [6, 6.07) is 16.2. The Morgan fingerprint density at radius 1 is 1.04 bits per heavy atom. The van der Waals surface area contributed by atoms with Crippen molar-refractivity contribution in [3.8, 4) is 29.0 Å². The summed E-state index contributed by atoms with van der Waals surface area (Å²) in [7, 11) is 0. The Kier molecular flexibility index (Phi) is 4.28. The van der Waals surface area contributed by atoms with Gasteiger partial charge in [-0.2, -0.15) is 5.26 Å². The Labute approximate surface area is 157 Å². The number of carbonyl (C=O) groups is 2. The fraction of sp³-hybridized carbons (Fsp3) is 0. The van der Waals surface area contributed by atoms with E-state index in [-0.39, 0.29) is 11.1 Å². The minimum Gasteiger partial charge on any atom is -0.416 e. The van der Waals surface area contributed by atoms with Crippen LogP contribution in [0.15, 0.2) is 57.9 Å². The minimum atomic E-state index is -0.397. The highest BCUT2D eigenvalue weighted by Gasteiger charge is 2.24. The number of nitrogens with zero attached hydrogens (tertiary/aromatic N) is 3. The van der Waals surface area contributed by atoms with Gasteiger partial charge in [0, 0.05) is 5.56 Å². The summed E-state index contributed by atoms with van der Waals surface area (Å²) in [5.74, 6) is 0.192. The number of hydrogen-bond acceptors (Lipinski definition) is 7. The van der Waals surface area contributed by atoms with Gasteiger partial charge in [-0.15, -0.1) is 10.2 Å². The van der Waals surface area contributed by atoms with Gasteiger partial charge in [0.15, 0.2) is 0 Å². The number of nitrogens with one attached hydrogen (secondary N) is 1. The molecule has 0 atom stereocenters. The zero-order chi connectivity index (χ0) is 18.8. The van der Waals surface area contributed by atoms with Crippen LogP contribution in [-0.2, 0) is 4.79 Å².